The first kappa shape index (κ1) is 17.4. The molecule has 1 saturated heterocycles. The molecule has 0 radical (unpaired) electrons. The van der Waals surface area contributed by atoms with E-state index in [4.69, 9.17) is 15.0 Å². The summed E-state index contributed by atoms with van der Waals surface area (Å²) in [6, 6.07) is 0. The third-order valence-electron chi connectivity index (χ3n) is 4.04. The Balaban J connectivity index is 0.000000677. The number of carbonyl (C=O) groups excluding carboxylic acids is 1. The molecular weight excluding hydrogens is 276 g/mol. The number of carbonyl (C=O) groups is 3. The Kier molecular flexibility index (Phi) is 6.61. The fraction of sp³-hybridized carbons (Fsp3) is 0.786. The highest BCUT2D eigenvalue weighted by Gasteiger charge is 2.51. The van der Waals surface area contributed by atoms with Gasteiger partial charge >= 0.3 is 5.97 Å². The SMILES string of the molecule is CN1CCCC(CCC(=O)NC2(C(=O)O)CC2)C1.O=CO. The zero-order valence-electron chi connectivity index (χ0n) is 12.4. The highest BCUT2D eigenvalue weighted by atomic mass is 16.4. The maximum Gasteiger partial charge on any atom is 0.329 e. The quantitative estimate of drug-likeness (QED) is 0.640. The van der Waals surface area contributed by atoms with Crippen LogP contribution in [-0.4, -0.2) is 59.1 Å². The zero-order valence-corrected chi connectivity index (χ0v) is 12.4. The average molecular weight is 300 g/mol. The molecule has 1 heterocycles. The van der Waals surface area contributed by atoms with Gasteiger partial charge in [-0.05, 0) is 51.6 Å². The fourth-order valence-electron chi connectivity index (χ4n) is 2.69. The molecule has 1 atom stereocenters. The molecule has 0 aromatic carbocycles. The molecule has 1 aliphatic heterocycles. The van der Waals surface area contributed by atoms with Crippen molar-refractivity contribution in [1.82, 2.24) is 10.2 Å². The molecule has 3 N–H and O–H groups in total. The van der Waals surface area contributed by atoms with Gasteiger partial charge in [-0.2, -0.15) is 0 Å². The van der Waals surface area contributed by atoms with Gasteiger partial charge in [0.15, 0.2) is 0 Å². The number of carboxylic acid groups (broad SMARTS) is 2. The van der Waals surface area contributed by atoms with Crippen molar-refractivity contribution in [3.8, 4) is 0 Å². The molecule has 0 aromatic rings. The van der Waals surface area contributed by atoms with Crippen LogP contribution in [0.15, 0.2) is 0 Å². The second kappa shape index (κ2) is 7.97. The van der Waals surface area contributed by atoms with Crippen LogP contribution in [-0.2, 0) is 14.4 Å². The Morgan fingerprint density at radius 2 is 2.05 bits per heavy atom. The maximum atomic E-state index is 11.7. The molecule has 1 aliphatic carbocycles. The molecule has 0 aromatic heterocycles. The van der Waals surface area contributed by atoms with Crippen LogP contribution in [0.4, 0.5) is 0 Å². The van der Waals surface area contributed by atoms with Crippen LogP contribution in [0, 0.1) is 5.92 Å². The van der Waals surface area contributed by atoms with Crippen LogP contribution in [0.5, 0.6) is 0 Å². The summed E-state index contributed by atoms with van der Waals surface area (Å²) in [5, 5.41) is 18.5. The van der Waals surface area contributed by atoms with Gasteiger partial charge in [-0.1, -0.05) is 0 Å². The average Bonchev–Trinajstić information content (AvgIpc) is 3.18. The van der Waals surface area contributed by atoms with Crippen molar-refractivity contribution in [2.45, 2.75) is 44.1 Å². The lowest BCUT2D eigenvalue weighted by Crippen LogP contribution is -2.43. The number of carboxylic acids is 1. The van der Waals surface area contributed by atoms with Gasteiger partial charge in [-0.15, -0.1) is 0 Å². The van der Waals surface area contributed by atoms with Gasteiger partial charge in [0.1, 0.15) is 5.54 Å². The van der Waals surface area contributed by atoms with E-state index in [1.807, 2.05) is 0 Å². The van der Waals surface area contributed by atoms with Crippen molar-refractivity contribution in [1.29, 1.82) is 0 Å². The molecule has 0 spiro atoms. The number of amides is 1. The molecule has 1 saturated carbocycles. The smallest absolute Gasteiger partial charge is 0.329 e. The van der Waals surface area contributed by atoms with Crippen molar-refractivity contribution < 1.29 is 24.6 Å². The monoisotopic (exact) mass is 300 g/mol. The summed E-state index contributed by atoms with van der Waals surface area (Å²) in [7, 11) is 2.11. The lowest BCUT2D eigenvalue weighted by Gasteiger charge is -2.29. The van der Waals surface area contributed by atoms with E-state index < -0.39 is 11.5 Å². The van der Waals surface area contributed by atoms with Crippen molar-refractivity contribution in [2.24, 2.45) is 5.92 Å². The first-order valence-electron chi connectivity index (χ1n) is 7.24. The molecule has 2 fully saturated rings. The van der Waals surface area contributed by atoms with Crippen LogP contribution in [0.25, 0.3) is 0 Å². The van der Waals surface area contributed by atoms with Gasteiger partial charge < -0.3 is 20.4 Å². The zero-order chi connectivity index (χ0) is 15.9. The molecule has 21 heavy (non-hydrogen) atoms. The molecule has 0 bridgehead atoms. The Morgan fingerprint density at radius 3 is 2.52 bits per heavy atom. The number of likely N-dealkylation sites (tertiary alicyclic amines) is 1. The van der Waals surface area contributed by atoms with E-state index in [-0.39, 0.29) is 12.4 Å². The number of hydrogen-bond acceptors (Lipinski definition) is 4. The highest BCUT2D eigenvalue weighted by molar-refractivity contribution is 5.89. The predicted octanol–water partition coefficient (Wildman–Crippen LogP) is 0.543. The molecule has 2 rings (SSSR count). The van der Waals surface area contributed by atoms with Crippen molar-refractivity contribution in [3.05, 3.63) is 0 Å². The van der Waals surface area contributed by atoms with E-state index in [9.17, 15) is 9.59 Å². The van der Waals surface area contributed by atoms with Crippen LogP contribution < -0.4 is 5.32 Å². The normalized spacial score (nSPS) is 23.4. The van der Waals surface area contributed by atoms with Crippen molar-refractivity contribution in [2.75, 3.05) is 20.1 Å². The molecular formula is C14H24N2O5. The van der Waals surface area contributed by atoms with E-state index in [0.717, 1.165) is 19.5 Å². The lowest BCUT2D eigenvalue weighted by atomic mass is 9.93. The number of rotatable bonds is 5. The third-order valence-corrected chi connectivity index (χ3v) is 4.04. The van der Waals surface area contributed by atoms with E-state index in [1.54, 1.807) is 0 Å². The summed E-state index contributed by atoms with van der Waals surface area (Å²) in [5.41, 5.74) is -0.930. The standard InChI is InChI=1S/C13H22N2O3.CH2O2/c1-15-8-2-3-10(9-15)4-5-11(16)14-13(6-7-13)12(17)18;2-1-3/h10H,2-9H2,1H3,(H,14,16)(H,17,18);1H,(H,2,3). The van der Waals surface area contributed by atoms with Crippen molar-refractivity contribution in [3.63, 3.8) is 0 Å². The summed E-state index contributed by atoms with van der Waals surface area (Å²) in [6.07, 6.45) is 4.84. The second-order valence-electron chi connectivity index (χ2n) is 5.85. The van der Waals surface area contributed by atoms with Gasteiger partial charge in [0.05, 0.1) is 0 Å². The fourth-order valence-corrected chi connectivity index (χ4v) is 2.69. The molecule has 1 amide bonds. The number of hydrogen-bond donors (Lipinski definition) is 3. The highest BCUT2D eigenvalue weighted by Crippen LogP contribution is 2.35. The van der Waals surface area contributed by atoms with Gasteiger partial charge in [0.25, 0.3) is 6.47 Å². The first-order chi connectivity index (χ1) is 9.93. The second-order valence-corrected chi connectivity index (χ2v) is 5.85. The minimum absolute atomic E-state index is 0.108. The summed E-state index contributed by atoms with van der Waals surface area (Å²) < 4.78 is 0. The Bertz CT molecular complexity index is 382. The van der Waals surface area contributed by atoms with Crippen molar-refractivity contribution >= 4 is 18.3 Å². The van der Waals surface area contributed by atoms with E-state index >= 15 is 0 Å². The largest absolute Gasteiger partial charge is 0.483 e. The van der Waals surface area contributed by atoms with E-state index in [1.165, 1.54) is 12.8 Å². The first-order valence-corrected chi connectivity index (χ1v) is 7.24. The summed E-state index contributed by atoms with van der Waals surface area (Å²) in [6.45, 7) is 1.95. The van der Waals surface area contributed by atoms with Crippen LogP contribution in [0.2, 0.25) is 0 Å². The molecule has 1 unspecified atom stereocenters. The van der Waals surface area contributed by atoms with Gasteiger partial charge in [-0.25, -0.2) is 4.79 Å². The molecule has 2 aliphatic rings. The molecule has 7 nitrogen and oxygen atoms in total. The van der Waals surface area contributed by atoms with Crippen LogP contribution in [0.1, 0.15) is 38.5 Å². The number of nitrogens with zero attached hydrogens (tertiary/aromatic N) is 1. The summed E-state index contributed by atoms with van der Waals surface area (Å²) >= 11 is 0. The third kappa shape index (κ3) is 5.71. The van der Waals surface area contributed by atoms with E-state index in [2.05, 4.69) is 17.3 Å². The summed E-state index contributed by atoms with van der Waals surface area (Å²) in [4.78, 5) is 33.3. The minimum Gasteiger partial charge on any atom is -0.483 e. The minimum atomic E-state index is -0.930. The van der Waals surface area contributed by atoms with Gasteiger partial charge in [0.2, 0.25) is 5.91 Å². The molecule has 120 valence electrons. The topological polar surface area (TPSA) is 107 Å². The summed E-state index contributed by atoms with van der Waals surface area (Å²) in [5.74, 6) is -0.425. The Hall–Kier alpha value is -1.63. The number of aliphatic carboxylic acids is 1. The predicted molar refractivity (Wildman–Crippen MR) is 75.9 cm³/mol. The lowest BCUT2D eigenvalue weighted by molar-refractivity contribution is -0.143. The number of piperidine rings is 1. The Labute approximate surface area is 124 Å². The van der Waals surface area contributed by atoms with Gasteiger partial charge in [-0.3, -0.25) is 9.59 Å². The van der Waals surface area contributed by atoms with E-state index in [0.29, 0.717) is 25.2 Å². The van der Waals surface area contributed by atoms with Crippen LogP contribution >= 0.6 is 0 Å². The van der Waals surface area contributed by atoms with Crippen LogP contribution in [0.3, 0.4) is 0 Å². The maximum absolute atomic E-state index is 11.7. The number of nitrogens with one attached hydrogen (secondary N) is 1. The molecule has 7 heteroatoms. The Morgan fingerprint density at radius 1 is 1.43 bits per heavy atom. The van der Waals surface area contributed by atoms with Gasteiger partial charge in [0, 0.05) is 13.0 Å².